The van der Waals surface area contributed by atoms with E-state index in [1.165, 1.54) is 0 Å². The van der Waals surface area contributed by atoms with E-state index in [4.69, 9.17) is 4.55 Å². The summed E-state index contributed by atoms with van der Waals surface area (Å²) < 4.78 is 60.6. The predicted molar refractivity (Wildman–Crippen MR) is 91.2 cm³/mol. The molecule has 0 aliphatic heterocycles. The fourth-order valence-electron chi connectivity index (χ4n) is 3.85. The van der Waals surface area contributed by atoms with Gasteiger partial charge in [0, 0.05) is 0 Å². The number of halogens is 1. The molecule has 0 radical (unpaired) electrons. The highest BCUT2D eigenvalue weighted by atomic mass is 32.3. The Morgan fingerprint density at radius 3 is 1.57 bits per heavy atom. The van der Waals surface area contributed by atoms with Crippen molar-refractivity contribution in [2.75, 3.05) is 0 Å². The molecule has 0 aromatic carbocycles. The molecule has 23 heavy (non-hydrogen) atoms. The molecule has 1 N–H and O–H groups in total. The SMILES string of the molecule is CC(C)C1CC(C(C)C)C(S(=O)(=O)N=S(=O)(O)F)C(C(C)C)C1. The Balaban J connectivity index is 3.41. The lowest BCUT2D eigenvalue weighted by Gasteiger charge is -2.45. The van der Waals surface area contributed by atoms with E-state index >= 15 is 0 Å². The van der Waals surface area contributed by atoms with Gasteiger partial charge in [-0.05, 0) is 48.3 Å². The van der Waals surface area contributed by atoms with Crippen LogP contribution in [0.3, 0.4) is 0 Å². The number of sulfonamides is 1. The quantitative estimate of drug-likeness (QED) is 0.737. The van der Waals surface area contributed by atoms with Crippen LogP contribution in [0.1, 0.15) is 54.4 Å². The highest BCUT2D eigenvalue weighted by molar-refractivity contribution is 7.99. The number of hydrogen-bond acceptors (Lipinski definition) is 3. The van der Waals surface area contributed by atoms with Gasteiger partial charge in [-0.15, -0.1) is 0 Å². The van der Waals surface area contributed by atoms with Crippen LogP contribution in [0.25, 0.3) is 0 Å². The first kappa shape index (κ1) is 20.8. The van der Waals surface area contributed by atoms with E-state index in [0.29, 0.717) is 11.8 Å². The Kier molecular flexibility index (Phi) is 6.66. The Hall–Kier alpha value is -0.210. The molecule has 0 bridgehead atoms. The van der Waals surface area contributed by atoms with Gasteiger partial charge in [-0.1, -0.05) is 49.2 Å². The third kappa shape index (κ3) is 5.39. The second-order valence-electron chi connectivity index (χ2n) is 7.78. The van der Waals surface area contributed by atoms with E-state index < -0.39 is 25.7 Å². The third-order valence-electron chi connectivity index (χ3n) is 5.19. The van der Waals surface area contributed by atoms with Crippen LogP contribution >= 0.6 is 0 Å². The maximum Gasteiger partial charge on any atom is 0.342 e. The van der Waals surface area contributed by atoms with E-state index in [1.54, 1.807) is 0 Å². The van der Waals surface area contributed by atoms with E-state index in [-0.39, 0.29) is 23.7 Å². The van der Waals surface area contributed by atoms with Gasteiger partial charge in [0.2, 0.25) is 0 Å². The minimum atomic E-state index is -5.17. The third-order valence-corrected chi connectivity index (χ3v) is 8.14. The molecule has 0 aromatic rings. The van der Waals surface area contributed by atoms with Crippen molar-refractivity contribution >= 4 is 20.4 Å². The van der Waals surface area contributed by atoms with Crippen LogP contribution in [0.4, 0.5) is 3.89 Å². The van der Waals surface area contributed by atoms with Gasteiger partial charge in [0.05, 0.1) is 5.25 Å². The van der Waals surface area contributed by atoms with Gasteiger partial charge in [0.25, 0.3) is 10.0 Å². The minimum absolute atomic E-state index is 0.0714. The average molecular weight is 372 g/mol. The molecule has 0 heterocycles. The second-order valence-corrected chi connectivity index (χ2v) is 10.8. The van der Waals surface area contributed by atoms with Gasteiger partial charge in [-0.3, -0.25) is 4.55 Å². The zero-order chi connectivity index (χ0) is 18.2. The van der Waals surface area contributed by atoms with Crippen molar-refractivity contribution in [3.05, 3.63) is 0 Å². The highest BCUT2D eigenvalue weighted by Gasteiger charge is 2.48. The molecular formula is C15H30FNO4S2. The van der Waals surface area contributed by atoms with Crippen LogP contribution in [-0.4, -0.2) is 22.4 Å². The molecule has 138 valence electrons. The second kappa shape index (κ2) is 7.35. The lowest BCUT2D eigenvalue weighted by atomic mass is 9.65. The summed E-state index contributed by atoms with van der Waals surface area (Å²) >= 11 is 0. The first-order valence-electron chi connectivity index (χ1n) is 8.20. The summed E-state index contributed by atoms with van der Waals surface area (Å²) in [4.78, 5) is 0. The summed E-state index contributed by atoms with van der Waals surface area (Å²) in [5, 5.41) is -0.902. The Labute approximate surface area is 140 Å². The largest absolute Gasteiger partial charge is 0.342 e. The molecule has 1 aliphatic rings. The Morgan fingerprint density at radius 1 is 0.913 bits per heavy atom. The van der Waals surface area contributed by atoms with Crippen molar-refractivity contribution in [2.24, 2.45) is 39.3 Å². The van der Waals surface area contributed by atoms with Gasteiger partial charge in [-0.2, -0.15) is 4.21 Å². The van der Waals surface area contributed by atoms with Gasteiger partial charge < -0.3 is 0 Å². The lowest BCUT2D eigenvalue weighted by molar-refractivity contribution is 0.106. The van der Waals surface area contributed by atoms with E-state index in [1.807, 2.05) is 27.7 Å². The summed E-state index contributed by atoms with van der Waals surface area (Å²) in [6.45, 7) is 12.0. The molecule has 1 saturated carbocycles. The Morgan fingerprint density at radius 2 is 1.30 bits per heavy atom. The predicted octanol–water partition coefficient (Wildman–Crippen LogP) is 4.12. The molecule has 3 atom stereocenters. The molecule has 1 aliphatic carbocycles. The minimum Gasteiger partial charge on any atom is -0.275 e. The van der Waals surface area contributed by atoms with Crippen molar-refractivity contribution in [3.63, 3.8) is 0 Å². The molecule has 0 spiro atoms. The maximum absolute atomic E-state index is 13.0. The zero-order valence-electron chi connectivity index (χ0n) is 14.8. The smallest absolute Gasteiger partial charge is 0.275 e. The number of hydrogen-bond donors (Lipinski definition) is 1. The molecule has 5 nitrogen and oxygen atoms in total. The van der Waals surface area contributed by atoms with Crippen LogP contribution in [0.5, 0.6) is 0 Å². The van der Waals surface area contributed by atoms with Gasteiger partial charge in [0.15, 0.2) is 0 Å². The van der Waals surface area contributed by atoms with Gasteiger partial charge >= 0.3 is 10.4 Å². The molecule has 0 aromatic heterocycles. The summed E-state index contributed by atoms with van der Waals surface area (Å²) in [6, 6.07) is 0. The normalized spacial score (nSPS) is 32.3. The summed E-state index contributed by atoms with van der Waals surface area (Å²) in [5.74, 6) is 0.578. The van der Waals surface area contributed by atoms with Crippen molar-refractivity contribution < 1.29 is 21.1 Å². The van der Waals surface area contributed by atoms with Crippen LogP contribution in [-0.2, 0) is 20.4 Å². The van der Waals surface area contributed by atoms with Crippen molar-refractivity contribution in [1.82, 2.24) is 0 Å². The van der Waals surface area contributed by atoms with Crippen molar-refractivity contribution in [3.8, 4) is 0 Å². The number of rotatable bonds is 5. The summed E-state index contributed by atoms with van der Waals surface area (Å²) in [6.07, 6.45) is 1.44. The topological polar surface area (TPSA) is 83.8 Å². The summed E-state index contributed by atoms with van der Waals surface area (Å²) in [5.41, 5.74) is 0. The van der Waals surface area contributed by atoms with Crippen LogP contribution in [0, 0.1) is 35.5 Å². The van der Waals surface area contributed by atoms with Crippen molar-refractivity contribution in [1.29, 1.82) is 0 Å². The molecular weight excluding hydrogens is 341 g/mol. The summed E-state index contributed by atoms with van der Waals surface area (Å²) in [7, 11) is -9.53. The van der Waals surface area contributed by atoms with Crippen LogP contribution in [0.2, 0.25) is 0 Å². The van der Waals surface area contributed by atoms with Gasteiger partial charge in [0.1, 0.15) is 0 Å². The molecule has 8 heteroatoms. The van der Waals surface area contributed by atoms with Crippen LogP contribution < -0.4 is 0 Å². The van der Waals surface area contributed by atoms with E-state index in [2.05, 4.69) is 17.6 Å². The van der Waals surface area contributed by atoms with E-state index in [9.17, 15) is 16.5 Å². The lowest BCUT2D eigenvalue weighted by Crippen LogP contribution is -2.47. The van der Waals surface area contributed by atoms with Crippen LogP contribution in [0.15, 0.2) is 3.77 Å². The fourth-order valence-corrected chi connectivity index (χ4v) is 7.01. The number of nitrogens with zero attached hydrogens (tertiary/aromatic N) is 1. The fraction of sp³-hybridized carbons (Fsp3) is 1.00. The Bertz CT molecular complexity index is 595. The first-order chi connectivity index (χ1) is 10.3. The molecule has 0 amide bonds. The molecule has 1 rings (SSSR count). The highest BCUT2D eigenvalue weighted by Crippen LogP contribution is 2.46. The molecule has 0 saturated heterocycles. The van der Waals surface area contributed by atoms with Crippen molar-refractivity contribution in [2.45, 2.75) is 59.6 Å². The zero-order valence-corrected chi connectivity index (χ0v) is 16.4. The molecule has 1 fully saturated rings. The van der Waals surface area contributed by atoms with Gasteiger partial charge in [-0.25, -0.2) is 8.42 Å². The maximum atomic E-state index is 13.0. The molecule has 3 unspecified atom stereocenters. The van der Waals surface area contributed by atoms with E-state index in [0.717, 1.165) is 12.8 Å². The monoisotopic (exact) mass is 371 g/mol. The first-order valence-corrected chi connectivity index (χ1v) is 11.1. The average Bonchev–Trinajstić information content (AvgIpc) is 2.33. The standard InChI is InChI=1S/C15H30FNO4S2/c1-9(2)12-7-13(10(3)4)15(14(8-12)11(5)6)22(18,19)17-23(16,20)21/h9-15H,7-8H2,1-6H3,(H,17,20,21).